The number of carbonyl (C=O) groups excluding carboxylic acids is 1. The normalized spacial score (nSPS) is 13.6. The van der Waals surface area contributed by atoms with Gasteiger partial charge in [0.25, 0.3) is 15.9 Å². The highest BCUT2D eigenvalue weighted by molar-refractivity contribution is 7.94. The van der Waals surface area contributed by atoms with Gasteiger partial charge >= 0.3 is 0 Å². The number of sulfonamides is 1. The van der Waals surface area contributed by atoms with Crippen molar-refractivity contribution in [1.29, 1.82) is 0 Å². The van der Waals surface area contributed by atoms with E-state index >= 15 is 0 Å². The number of nitrogens with zero attached hydrogens (tertiary/aromatic N) is 1. The highest BCUT2D eigenvalue weighted by Crippen LogP contribution is 2.35. The Morgan fingerprint density at radius 1 is 1.17 bits per heavy atom. The summed E-state index contributed by atoms with van der Waals surface area (Å²) in [5.74, 6) is -0.407. The topological polar surface area (TPSA) is 75.7 Å². The molecule has 0 saturated heterocycles. The number of rotatable bonds is 6. The molecule has 30 heavy (non-hydrogen) atoms. The van der Waals surface area contributed by atoms with Gasteiger partial charge in [0.1, 0.15) is 15.8 Å². The monoisotopic (exact) mass is 446 g/mol. The Bertz CT molecular complexity index is 1150. The molecule has 0 atom stereocenters. The predicted molar refractivity (Wildman–Crippen MR) is 114 cm³/mol. The summed E-state index contributed by atoms with van der Waals surface area (Å²) in [5, 5.41) is 4.46. The lowest BCUT2D eigenvalue weighted by Crippen LogP contribution is -2.35. The molecule has 0 bridgehead atoms. The Balaban J connectivity index is 1.50. The van der Waals surface area contributed by atoms with Crippen LogP contribution < -0.4 is 14.4 Å². The lowest BCUT2D eigenvalue weighted by molar-refractivity contribution is -0.118. The summed E-state index contributed by atoms with van der Waals surface area (Å²) in [6, 6.07) is 13.9. The number of aryl methyl sites for hydroxylation is 1. The van der Waals surface area contributed by atoms with E-state index in [-0.39, 0.29) is 16.6 Å². The largest absolute Gasteiger partial charge is 0.484 e. The second-order valence-electron chi connectivity index (χ2n) is 6.75. The minimum absolute atomic E-state index is 0.250. The molecule has 156 valence electrons. The first-order valence-corrected chi connectivity index (χ1v) is 11.6. The zero-order chi connectivity index (χ0) is 21.1. The third kappa shape index (κ3) is 4.31. The van der Waals surface area contributed by atoms with E-state index in [2.05, 4.69) is 5.32 Å². The van der Waals surface area contributed by atoms with Gasteiger partial charge in [0, 0.05) is 12.2 Å². The van der Waals surface area contributed by atoms with E-state index in [1.807, 2.05) is 6.07 Å². The fraction of sp³-hybridized carbons (Fsp3) is 0.190. The molecule has 9 heteroatoms. The van der Waals surface area contributed by atoms with Crippen molar-refractivity contribution in [2.45, 2.75) is 17.1 Å². The lowest BCUT2D eigenvalue weighted by atomic mass is 10.0. The van der Waals surface area contributed by atoms with Gasteiger partial charge in [-0.25, -0.2) is 12.8 Å². The molecule has 0 fully saturated rings. The van der Waals surface area contributed by atoms with Gasteiger partial charge in [0.2, 0.25) is 0 Å². The quantitative estimate of drug-likeness (QED) is 0.620. The van der Waals surface area contributed by atoms with E-state index in [0.717, 1.165) is 18.4 Å². The average molecular weight is 447 g/mol. The van der Waals surface area contributed by atoms with Crippen LogP contribution in [0.5, 0.6) is 5.75 Å². The number of amides is 1. The number of anilines is 2. The van der Waals surface area contributed by atoms with E-state index in [1.54, 1.807) is 29.6 Å². The van der Waals surface area contributed by atoms with Crippen molar-refractivity contribution >= 4 is 38.6 Å². The van der Waals surface area contributed by atoms with Gasteiger partial charge in [-0.3, -0.25) is 9.10 Å². The van der Waals surface area contributed by atoms with Crippen molar-refractivity contribution < 1.29 is 22.3 Å². The first kappa shape index (κ1) is 20.4. The number of ether oxygens (including phenoxy) is 1. The molecule has 0 unspecified atom stereocenters. The molecular formula is C21H19FN2O4S2. The molecule has 2 aromatic carbocycles. The molecule has 0 spiro atoms. The Morgan fingerprint density at radius 3 is 2.70 bits per heavy atom. The van der Waals surface area contributed by atoms with Crippen molar-refractivity contribution in [2.24, 2.45) is 0 Å². The van der Waals surface area contributed by atoms with E-state index in [0.29, 0.717) is 23.7 Å². The molecule has 6 nitrogen and oxygen atoms in total. The van der Waals surface area contributed by atoms with Crippen LogP contribution in [0.3, 0.4) is 0 Å². The highest BCUT2D eigenvalue weighted by atomic mass is 32.2. The number of fused-ring (bicyclic) bond motifs is 1. The zero-order valence-corrected chi connectivity index (χ0v) is 17.5. The summed E-state index contributed by atoms with van der Waals surface area (Å²) in [5.41, 5.74) is 1.98. The third-order valence-corrected chi connectivity index (χ3v) is 7.85. The predicted octanol–water partition coefficient (Wildman–Crippen LogP) is 4.05. The van der Waals surface area contributed by atoms with Crippen molar-refractivity contribution in [1.82, 2.24) is 0 Å². The van der Waals surface area contributed by atoms with Crippen LogP contribution >= 0.6 is 11.3 Å². The number of benzene rings is 2. The molecule has 1 aliphatic rings. The van der Waals surface area contributed by atoms with Crippen LogP contribution in [0.1, 0.15) is 12.0 Å². The van der Waals surface area contributed by atoms with Crippen LogP contribution in [0.4, 0.5) is 15.8 Å². The molecule has 1 aromatic heterocycles. The van der Waals surface area contributed by atoms with Crippen LogP contribution in [0.15, 0.2) is 64.2 Å². The fourth-order valence-corrected chi connectivity index (χ4v) is 5.90. The third-order valence-electron chi connectivity index (χ3n) is 4.67. The molecule has 0 aliphatic carbocycles. The van der Waals surface area contributed by atoms with Gasteiger partial charge in [-0.15, -0.1) is 11.3 Å². The molecule has 1 aliphatic heterocycles. The van der Waals surface area contributed by atoms with Gasteiger partial charge < -0.3 is 10.1 Å². The maximum Gasteiger partial charge on any atom is 0.273 e. The van der Waals surface area contributed by atoms with Crippen LogP contribution in [0, 0.1) is 5.82 Å². The van der Waals surface area contributed by atoms with Gasteiger partial charge in [0.05, 0.1) is 5.69 Å². The standard InChI is InChI=1S/C21H19FN2O4S2/c22-16-6-9-18(10-7-16)28-14-20(25)23-17-8-5-15-3-1-11-24(19(15)13-17)30(26,27)21-4-2-12-29-21/h2,4-10,12-13H,1,3,11,14H2,(H,23,25). The smallest absolute Gasteiger partial charge is 0.273 e. The number of thiophene rings is 1. The fourth-order valence-electron chi connectivity index (χ4n) is 3.26. The molecule has 4 rings (SSSR count). The van der Waals surface area contributed by atoms with E-state index in [9.17, 15) is 17.6 Å². The van der Waals surface area contributed by atoms with Crippen LogP contribution in [-0.2, 0) is 21.2 Å². The summed E-state index contributed by atoms with van der Waals surface area (Å²) in [6.45, 7) is 0.137. The minimum atomic E-state index is -3.64. The number of halogens is 1. The maximum absolute atomic E-state index is 13.0. The zero-order valence-electron chi connectivity index (χ0n) is 15.9. The number of nitrogens with one attached hydrogen (secondary N) is 1. The van der Waals surface area contributed by atoms with Crippen LogP contribution in [0.25, 0.3) is 0 Å². The summed E-state index contributed by atoms with van der Waals surface area (Å²) < 4.78 is 46.0. The second-order valence-corrected chi connectivity index (χ2v) is 9.78. The first-order chi connectivity index (χ1) is 14.4. The van der Waals surface area contributed by atoms with Gasteiger partial charge in [0.15, 0.2) is 6.61 Å². The average Bonchev–Trinajstić information content (AvgIpc) is 3.29. The Hall–Kier alpha value is -2.91. The maximum atomic E-state index is 13.0. The molecule has 0 saturated carbocycles. The molecular weight excluding hydrogens is 427 g/mol. The van der Waals surface area contributed by atoms with Crippen molar-refractivity contribution in [3.8, 4) is 5.75 Å². The SMILES string of the molecule is O=C(COc1ccc(F)cc1)Nc1ccc2c(c1)N(S(=O)(=O)c1cccs1)CCC2. The summed E-state index contributed by atoms with van der Waals surface area (Å²) in [6.07, 6.45) is 1.50. The molecule has 2 heterocycles. The lowest BCUT2D eigenvalue weighted by Gasteiger charge is -2.30. The van der Waals surface area contributed by atoms with Crippen LogP contribution in [0.2, 0.25) is 0 Å². The van der Waals surface area contributed by atoms with Gasteiger partial charge in [-0.1, -0.05) is 12.1 Å². The molecule has 0 radical (unpaired) electrons. The minimum Gasteiger partial charge on any atom is -0.484 e. The van der Waals surface area contributed by atoms with Crippen molar-refractivity contribution in [3.05, 3.63) is 71.4 Å². The van der Waals surface area contributed by atoms with Gasteiger partial charge in [-0.05, 0) is 66.2 Å². The molecule has 3 aromatic rings. The van der Waals surface area contributed by atoms with Crippen LogP contribution in [-0.4, -0.2) is 27.5 Å². The van der Waals surface area contributed by atoms with E-state index < -0.39 is 15.9 Å². The second kappa shape index (κ2) is 8.45. The van der Waals surface area contributed by atoms with Gasteiger partial charge in [-0.2, -0.15) is 0 Å². The number of hydrogen-bond acceptors (Lipinski definition) is 5. The molecule has 1 N–H and O–H groups in total. The number of hydrogen-bond donors (Lipinski definition) is 1. The summed E-state index contributed by atoms with van der Waals surface area (Å²) in [7, 11) is -3.64. The summed E-state index contributed by atoms with van der Waals surface area (Å²) in [4.78, 5) is 12.2. The van der Waals surface area contributed by atoms with Crippen molar-refractivity contribution in [3.63, 3.8) is 0 Å². The van der Waals surface area contributed by atoms with E-state index in [1.165, 1.54) is 39.9 Å². The Kier molecular flexibility index (Phi) is 5.74. The highest BCUT2D eigenvalue weighted by Gasteiger charge is 2.30. The van der Waals surface area contributed by atoms with Crippen molar-refractivity contribution in [2.75, 3.05) is 22.8 Å². The Morgan fingerprint density at radius 2 is 1.97 bits per heavy atom. The van der Waals surface area contributed by atoms with E-state index in [4.69, 9.17) is 4.74 Å². The first-order valence-electron chi connectivity index (χ1n) is 9.31. The molecule has 1 amide bonds. The Labute approximate surface area is 178 Å². The number of carbonyl (C=O) groups is 1. The summed E-state index contributed by atoms with van der Waals surface area (Å²) >= 11 is 1.18.